The molecule has 1 amide bonds. The Kier molecular flexibility index (Phi) is 2.54. The molecule has 13 heavy (non-hydrogen) atoms. The summed E-state index contributed by atoms with van der Waals surface area (Å²) in [4.78, 5) is 10.8. The number of amides is 1. The molecule has 0 spiro atoms. The van der Waals surface area contributed by atoms with Crippen molar-refractivity contribution in [1.29, 1.82) is 0 Å². The molecule has 0 saturated carbocycles. The van der Waals surface area contributed by atoms with Crippen LogP contribution in [0.15, 0.2) is 6.20 Å². The molecule has 0 unspecified atom stereocenters. The summed E-state index contributed by atoms with van der Waals surface area (Å²) in [6.07, 6.45) is 0.882. The predicted molar refractivity (Wildman–Crippen MR) is 36.6 cm³/mol. The van der Waals surface area contributed by atoms with Gasteiger partial charge in [-0.1, -0.05) is 0 Å². The number of aryl methyl sites for hydroxylation is 1. The second-order valence-electron chi connectivity index (χ2n) is 2.25. The van der Waals surface area contributed by atoms with E-state index in [1.54, 1.807) is 0 Å². The van der Waals surface area contributed by atoms with Gasteiger partial charge >= 0.3 is 6.55 Å². The van der Waals surface area contributed by atoms with E-state index < -0.39 is 24.0 Å². The summed E-state index contributed by atoms with van der Waals surface area (Å²) in [5.41, 5.74) is -0.497. The first-order chi connectivity index (χ1) is 6.02. The molecule has 1 heterocycles. The minimum Gasteiger partial charge on any atom is -0.296 e. The van der Waals surface area contributed by atoms with Crippen molar-refractivity contribution < 1.29 is 18.0 Å². The van der Waals surface area contributed by atoms with Crippen LogP contribution in [-0.4, -0.2) is 22.2 Å². The van der Waals surface area contributed by atoms with E-state index in [2.05, 4.69) is 5.10 Å². The third-order valence-electron chi connectivity index (χ3n) is 1.35. The maximum atomic E-state index is 12.9. The topological polar surface area (TPSA) is 46.9 Å². The van der Waals surface area contributed by atoms with Crippen LogP contribution in [0, 0.1) is 5.95 Å². The van der Waals surface area contributed by atoms with E-state index in [4.69, 9.17) is 0 Å². The Morgan fingerprint density at radius 1 is 1.69 bits per heavy atom. The highest BCUT2D eigenvalue weighted by Crippen LogP contribution is 2.05. The van der Waals surface area contributed by atoms with E-state index >= 15 is 0 Å². The number of nitrogens with one attached hydrogen (secondary N) is 1. The van der Waals surface area contributed by atoms with Gasteiger partial charge < -0.3 is 0 Å². The molecule has 1 aromatic heterocycles. The molecule has 1 N–H and O–H groups in total. The normalized spacial score (nSPS) is 10.5. The molecule has 0 aliphatic carbocycles. The van der Waals surface area contributed by atoms with E-state index in [9.17, 15) is 18.0 Å². The molecule has 0 fully saturated rings. The van der Waals surface area contributed by atoms with Crippen molar-refractivity contribution in [2.45, 2.75) is 6.55 Å². The van der Waals surface area contributed by atoms with E-state index in [1.807, 2.05) is 0 Å². The smallest absolute Gasteiger partial charge is 0.296 e. The quantitative estimate of drug-likeness (QED) is 0.695. The molecule has 7 heteroatoms. The van der Waals surface area contributed by atoms with Crippen molar-refractivity contribution in [3.8, 4) is 0 Å². The van der Waals surface area contributed by atoms with Gasteiger partial charge in [0.25, 0.3) is 5.91 Å². The lowest BCUT2D eigenvalue weighted by Gasteiger charge is -2.00. The summed E-state index contributed by atoms with van der Waals surface area (Å²) in [7, 11) is 1.26. The Morgan fingerprint density at radius 2 is 2.31 bits per heavy atom. The highest BCUT2D eigenvalue weighted by atomic mass is 19.3. The lowest BCUT2D eigenvalue weighted by atomic mass is 10.3. The summed E-state index contributed by atoms with van der Waals surface area (Å²) >= 11 is 0. The Labute approximate surface area is 71.3 Å². The third-order valence-corrected chi connectivity index (χ3v) is 1.35. The van der Waals surface area contributed by atoms with Crippen LogP contribution in [0.3, 0.4) is 0 Å². The van der Waals surface area contributed by atoms with Crippen LogP contribution in [0.5, 0.6) is 0 Å². The second-order valence-corrected chi connectivity index (χ2v) is 2.25. The largest absolute Gasteiger partial charge is 0.315 e. The lowest BCUT2D eigenvalue weighted by Crippen LogP contribution is -2.28. The van der Waals surface area contributed by atoms with Gasteiger partial charge in [0, 0.05) is 7.05 Å². The van der Waals surface area contributed by atoms with Crippen molar-refractivity contribution in [3.05, 3.63) is 17.7 Å². The van der Waals surface area contributed by atoms with Crippen molar-refractivity contribution in [2.75, 3.05) is 0 Å². The van der Waals surface area contributed by atoms with Crippen LogP contribution >= 0.6 is 0 Å². The van der Waals surface area contributed by atoms with E-state index in [0.717, 1.165) is 10.9 Å². The minimum atomic E-state index is -3.01. The summed E-state index contributed by atoms with van der Waals surface area (Å²) < 4.78 is 36.9. The van der Waals surface area contributed by atoms with Gasteiger partial charge in [0.05, 0.1) is 6.20 Å². The zero-order chi connectivity index (χ0) is 10.0. The fourth-order valence-electron chi connectivity index (χ4n) is 0.752. The molecular formula is C6H6F3N3O. The minimum absolute atomic E-state index is 0.497. The maximum Gasteiger partial charge on any atom is 0.315 e. The fourth-order valence-corrected chi connectivity index (χ4v) is 0.752. The van der Waals surface area contributed by atoms with Crippen LogP contribution in [0.2, 0.25) is 0 Å². The van der Waals surface area contributed by atoms with Gasteiger partial charge in [0.15, 0.2) is 0 Å². The monoisotopic (exact) mass is 193 g/mol. The van der Waals surface area contributed by atoms with Crippen LogP contribution in [0.1, 0.15) is 10.4 Å². The van der Waals surface area contributed by atoms with Crippen molar-refractivity contribution in [2.24, 2.45) is 7.05 Å². The fraction of sp³-hybridized carbons (Fsp3) is 0.333. The number of alkyl halides is 2. The van der Waals surface area contributed by atoms with Crippen LogP contribution < -0.4 is 5.32 Å². The van der Waals surface area contributed by atoms with E-state index in [1.165, 1.54) is 12.4 Å². The van der Waals surface area contributed by atoms with Gasteiger partial charge in [-0.25, -0.2) is 4.68 Å². The summed E-state index contributed by atoms with van der Waals surface area (Å²) in [5.74, 6) is -2.13. The number of carbonyl (C=O) groups is 1. The molecule has 72 valence electrons. The number of hydrogen-bond acceptors (Lipinski definition) is 2. The summed E-state index contributed by atoms with van der Waals surface area (Å²) in [6, 6.07) is 0. The van der Waals surface area contributed by atoms with Crippen LogP contribution in [0.25, 0.3) is 0 Å². The molecule has 1 aromatic rings. The van der Waals surface area contributed by atoms with Gasteiger partial charge in [-0.05, 0) is 0 Å². The molecule has 0 aliphatic rings. The number of nitrogens with zero attached hydrogens (tertiary/aromatic N) is 2. The molecule has 0 aliphatic heterocycles. The van der Waals surface area contributed by atoms with Crippen molar-refractivity contribution >= 4 is 5.91 Å². The number of carbonyl (C=O) groups excluding carboxylic acids is 1. The molecule has 0 atom stereocenters. The average molecular weight is 193 g/mol. The molecule has 0 radical (unpaired) electrons. The number of hydrogen-bond donors (Lipinski definition) is 1. The third kappa shape index (κ3) is 1.98. The SMILES string of the molecule is Cn1ncc(C(=O)NC(F)F)c1F. The van der Waals surface area contributed by atoms with Gasteiger partial charge in [-0.15, -0.1) is 0 Å². The zero-order valence-corrected chi connectivity index (χ0v) is 6.59. The second kappa shape index (κ2) is 3.46. The Morgan fingerprint density at radius 3 is 2.69 bits per heavy atom. The molecule has 1 rings (SSSR count). The Hall–Kier alpha value is -1.53. The van der Waals surface area contributed by atoms with Crippen LogP contribution in [0.4, 0.5) is 13.2 Å². The first-order valence-electron chi connectivity index (χ1n) is 3.29. The maximum absolute atomic E-state index is 12.9. The highest BCUT2D eigenvalue weighted by molar-refractivity contribution is 5.93. The molecule has 0 bridgehead atoms. The van der Waals surface area contributed by atoms with Gasteiger partial charge in [-0.2, -0.15) is 18.3 Å². The number of halogens is 3. The van der Waals surface area contributed by atoms with Crippen molar-refractivity contribution in [3.63, 3.8) is 0 Å². The van der Waals surface area contributed by atoms with Gasteiger partial charge in [0.1, 0.15) is 5.56 Å². The van der Waals surface area contributed by atoms with E-state index in [0.29, 0.717) is 0 Å². The average Bonchev–Trinajstić information content (AvgIpc) is 2.31. The Bertz CT molecular complexity index is 323. The first kappa shape index (κ1) is 9.56. The molecule has 0 saturated heterocycles. The predicted octanol–water partition coefficient (Wildman–Crippen LogP) is 0.512. The Balaban J connectivity index is 2.83. The summed E-state index contributed by atoms with van der Waals surface area (Å²) in [5, 5.41) is 4.63. The number of rotatable bonds is 2. The molecule has 0 aromatic carbocycles. The molecule has 4 nitrogen and oxygen atoms in total. The standard InChI is InChI=1S/C6H6F3N3O/c1-12-4(7)3(2-10-12)5(13)11-6(8)9/h2,6H,1H3,(H,11,13). The van der Waals surface area contributed by atoms with Gasteiger partial charge in [0.2, 0.25) is 5.95 Å². The zero-order valence-electron chi connectivity index (χ0n) is 6.59. The first-order valence-corrected chi connectivity index (χ1v) is 3.29. The lowest BCUT2D eigenvalue weighted by molar-refractivity contribution is 0.0695. The van der Waals surface area contributed by atoms with Gasteiger partial charge in [-0.3, -0.25) is 10.1 Å². The number of aromatic nitrogens is 2. The van der Waals surface area contributed by atoms with Crippen LogP contribution in [-0.2, 0) is 7.05 Å². The summed E-state index contributed by atoms with van der Waals surface area (Å²) in [6.45, 7) is -3.01. The van der Waals surface area contributed by atoms with Crippen molar-refractivity contribution in [1.82, 2.24) is 15.1 Å². The van der Waals surface area contributed by atoms with E-state index in [-0.39, 0.29) is 0 Å². The highest BCUT2D eigenvalue weighted by Gasteiger charge is 2.18. The molecular weight excluding hydrogens is 187 g/mol.